The zero-order chi connectivity index (χ0) is 22.5. The molecule has 0 fully saturated rings. The summed E-state index contributed by atoms with van der Waals surface area (Å²) in [6.07, 6.45) is 0.810. The number of hydrogen-bond donors (Lipinski definition) is 1. The van der Waals surface area contributed by atoms with Crippen molar-refractivity contribution in [2.45, 2.75) is 40.3 Å². The summed E-state index contributed by atoms with van der Waals surface area (Å²) in [6.45, 7) is 8.03. The third-order valence-corrected chi connectivity index (χ3v) is 5.60. The number of carbonyl (C=O) groups is 1. The topological polar surface area (TPSA) is 69.0 Å². The highest BCUT2D eigenvalue weighted by atomic mass is 16.5. The average molecular weight is 429 g/mol. The molecule has 4 aromatic rings. The molecule has 1 heterocycles. The van der Waals surface area contributed by atoms with Crippen LogP contribution >= 0.6 is 0 Å². The fourth-order valence-electron chi connectivity index (χ4n) is 3.49. The third kappa shape index (κ3) is 5.14. The summed E-state index contributed by atoms with van der Waals surface area (Å²) >= 11 is 0. The molecule has 164 valence electrons. The second kappa shape index (κ2) is 9.64. The Balaban J connectivity index is 1.24. The zero-order valence-corrected chi connectivity index (χ0v) is 18.8. The molecule has 32 heavy (non-hydrogen) atoms. The lowest BCUT2D eigenvalue weighted by atomic mass is 10.1. The molecule has 0 unspecified atom stereocenters. The predicted molar refractivity (Wildman–Crippen MR) is 126 cm³/mol. The number of fused-ring (bicyclic) bond motifs is 1. The maximum atomic E-state index is 12.4. The van der Waals surface area contributed by atoms with Gasteiger partial charge in [-0.15, -0.1) is 5.10 Å². The molecule has 0 atom stereocenters. The van der Waals surface area contributed by atoms with E-state index in [0.29, 0.717) is 18.7 Å². The van der Waals surface area contributed by atoms with Crippen LogP contribution in [0.25, 0.3) is 11.0 Å². The highest BCUT2D eigenvalue weighted by Gasteiger charge is 2.08. The van der Waals surface area contributed by atoms with E-state index >= 15 is 0 Å². The molecular formula is C26H28N4O2. The molecule has 0 aliphatic rings. The Hall–Kier alpha value is -3.67. The molecule has 0 spiro atoms. The van der Waals surface area contributed by atoms with E-state index < -0.39 is 0 Å². The number of aryl methyl sites for hydroxylation is 4. The van der Waals surface area contributed by atoms with Crippen LogP contribution in [-0.2, 0) is 13.1 Å². The van der Waals surface area contributed by atoms with Gasteiger partial charge >= 0.3 is 0 Å². The Kier molecular flexibility index (Phi) is 6.50. The highest BCUT2D eigenvalue weighted by molar-refractivity contribution is 5.94. The van der Waals surface area contributed by atoms with Gasteiger partial charge in [-0.05, 0) is 73.9 Å². The third-order valence-electron chi connectivity index (χ3n) is 5.60. The first-order chi connectivity index (χ1) is 15.5. The summed E-state index contributed by atoms with van der Waals surface area (Å²) in [7, 11) is 0. The largest absolute Gasteiger partial charge is 0.494 e. The standard InChI is InChI=1S/C26H28N4O2/c1-18-5-7-21(8-6-18)17-27-26(31)22-9-11-23(12-10-22)32-14-4-13-30-25-16-20(3)19(2)15-24(25)28-29-30/h5-12,15-16H,4,13-14,17H2,1-3H3,(H,27,31). The van der Waals surface area contributed by atoms with E-state index in [0.717, 1.165) is 35.3 Å². The molecule has 0 saturated carbocycles. The van der Waals surface area contributed by atoms with Crippen LogP contribution < -0.4 is 10.1 Å². The predicted octanol–water partition coefficient (Wildman–Crippen LogP) is 4.76. The molecule has 4 rings (SSSR count). The van der Waals surface area contributed by atoms with Crippen molar-refractivity contribution in [2.75, 3.05) is 6.61 Å². The Morgan fingerprint density at radius 1 is 0.969 bits per heavy atom. The van der Waals surface area contributed by atoms with Crippen molar-refractivity contribution in [3.8, 4) is 5.75 Å². The van der Waals surface area contributed by atoms with Gasteiger partial charge in [0.15, 0.2) is 0 Å². The molecule has 0 saturated heterocycles. The number of nitrogens with zero attached hydrogens (tertiary/aromatic N) is 3. The number of carbonyl (C=O) groups excluding carboxylic acids is 1. The quantitative estimate of drug-likeness (QED) is 0.411. The van der Waals surface area contributed by atoms with Crippen molar-refractivity contribution < 1.29 is 9.53 Å². The fourth-order valence-corrected chi connectivity index (χ4v) is 3.49. The Morgan fingerprint density at radius 2 is 1.69 bits per heavy atom. The van der Waals surface area contributed by atoms with Crippen molar-refractivity contribution in [2.24, 2.45) is 0 Å². The summed E-state index contributed by atoms with van der Waals surface area (Å²) in [5.74, 6) is 0.649. The number of nitrogens with one attached hydrogen (secondary N) is 1. The minimum absolute atomic E-state index is 0.0966. The molecule has 0 aliphatic carbocycles. The van der Waals surface area contributed by atoms with E-state index in [4.69, 9.17) is 4.74 Å². The van der Waals surface area contributed by atoms with Gasteiger partial charge in [0.25, 0.3) is 5.91 Å². The molecule has 3 aromatic carbocycles. The van der Waals surface area contributed by atoms with Gasteiger partial charge in [0, 0.05) is 25.1 Å². The Bertz CT molecular complexity index is 1210. The van der Waals surface area contributed by atoms with Gasteiger partial charge in [0.2, 0.25) is 0 Å². The lowest BCUT2D eigenvalue weighted by Gasteiger charge is -2.09. The zero-order valence-electron chi connectivity index (χ0n) is 18.8. The second-order valence-electron chi connectivity index (χ2n) is 8.13. The van der Waals surface area contributed by atoms with Crippen molar-refractivity contribution >= 4 is 16.9 Å². The number of aromatic nitrogens is 3. The van der Waals surface area contributed by atoms with Gasteiger partial charge in [-0.1, -0.05) is 35.0 Å². The van der Waals surface area contributed by atoms with Gasteiger partial charge in [-0.2, -0.15) is 0 Å². The maximum absolute atomic E-state index is 12.4. The molecule has 6 heteroatoms. The van der Waals surface area contributed by atoms with Crippen molar-refractivity contribution in [1.82, 2.24) is 20.3 Å². The molecular weight excluding hydrogens is 400 g/mol. The van der Waals surface area contributed by atoms with Crippen LogP contribution in [0.15, 0.2) is 60.7 Å². The summed E-state index contributed by atoms with van der Waals surface area (Å²) in [6, 6.07) is 19.6. The van der Waals surface area contributed by atoms with Crippen LogP contribution in [-0.4, -0.2) is 27.5 Å². The van der Waals surface area contributed by atoms with Gasteiger partial charge in [-0.3, -0.25) is 4.79 Å². The van der Waals surface area contributed by atoms with Gasteiger partial charge in [-0.25, -0.2) is 4.68 Å². The van der Waals surface area contributed by atoms with Crippen LogP contribution in [0.1, 0.15) is 39.0 Å². The molecule has 1 N–H and O–H groups in total. The average Bonchev–Trinajstić information content (AvgIpc) is 3.18. The smallest absolute Gasteiger partial charge is 0.251 e. The summed E-state index contributed by atoms with van der Waals surface area (Å²) < 4.78 is 7.76. The lowest BCUT2D eigenvalue weighted by Crippen LogP contribution is -2.22. The fraction of sp³-hybridized carbons (Fsp3) is 0.269. The Labute approximate surface area is 188 Å². The van der Waals surface area contributed by atoms with Crippen molar-refractivity contribution in [1.29, 1.82) is 0 Å². The minimum Gasteiger partial charge on any atom is -0.494 e. The van der Waals surface area contributed by atoms with Gasteiger partial charge < -0.3 is 10.1 Å². The van der Waals surface area contributed by atoms with E-state index in [9.17, 15) is 4.79 Å². The molecule has 1 amide bonds. The molecule has 1 aromatic heterocycles. The summed E-state index contributed by atoms with van der Waals surface area (Å²) in [5, 5.41) is 11.5. The number of rotatable bonds is 8. The van der Waals surface area contributed by atoms with E-state index in [2.05, 4.69) is 41.6 Å². The minimum atomic E-state index is -0.0966. The van der Waals surface area contributed by atoms with E-state index in [1.165, 1.54) is 16.7 Å². The molecule has 0 radical (unpaired) electrons. The van der Waals surface area contributed by atoms with Gasteiger partial charge in [0.1, 0.15) is 11.3 Å². The summed E-state index contributed by atoms with van der Waals surface area (Å²) in [5.41, 5.74) is 7.33. The Morgan fingerprint density at radius 3 is 2.44 bits per heavy atom. The van der Waals surface area contributed by atoms with Gasteiger partial charge in [0.05, 0.1) is 12.1 Å². The van der Waals surface area contributed by atoms with E-state index in [1.807, 2.05) is 48.0 Å². The first kappa shape index (κ1) is 21.6. The highest BCUT2D eigenvalue weighted by Crippen LogP contribution is 2.18. The van der Waals surface area contributed by atoms with Crippen LogP contribution in [0.4, 0.5) is 0 Å². The molecule has 0 bridgehead atoms. The van der Waals surface area contributed by atoms with Crippen LogP contribution in [0.2, 0.25) is 0 Å². The SMILES string of the molecule is Cc1ccc(CNC(=O)c2ccc(OCCCn3nnc4cc(C)c(C)cc43)cc2)cc1. The van der Waals surface area contributed by atoms with Crippen molar-refractivity contribution in [3.05, 3.63) is 88.5 Å². The molecule has 6 nitrogen and oxygen atoms in total. The second-order valence-corrected chi connectivity index (χ2v) is 8.13. The van der Waals surface area contributed by atoms with Crippen LogP contribution in [0.3, 0.4) is 0 Å². The van der Waals surface area contributed by atoms with E-state index in [-0.39, 0.29) is 5.91 Å². The number of ether oxygens (including phenoxy) is 1. The number of amides is 1. The first-order valence-corrected chi connectivity index (χ1v) is 10.9. The number of hydrogen-bond acceptors (Lipinski definition) is 4. The first-order valence-electron chi connectivity index (χ1n) is 10.9. The normalized spacial score (nSPS) is 11.0. The van der Waals surface area contributed by atoms with Crippen LogP contribution in [0.5, 0.6) is 5.75 Å². The molecule has 0 aliphatic heterocycles. The number of benzene rings is 3. The lowest BCUT2D eigenvalue weighted by molar-refractivity contribution is 0.0951. The summed E-state index contributed by atoms with van der Waals surface area (Å²) in [4.78, 5) is 12.4. The van der Waals surface area contributed by atoms with Crippen molar-refractivity contribution in [3.63, 3.8) is 0 Å². The van der Waals surface area contributed by atoms with Crippen LogP contribution in [0, 0.1) is 20.8 Å². The van der Waals surface area contributed by atoms with E-state index in [1.54, 1.807) is 12.1 Å². The maximum Gasteiger partial charge on any atom is 0.251 e. The monoisotopic (exact) mass is 428 g/mol.